The van der Waals surface area contributed by atoms with E-state index in [0.29, 0.717) is 0 Å². The lowest BCUT2D eigenvalue weighted by molar-refractivity contribution is 0.687. The maximum Gasteiger partial charge on any atom is 0.0548 e. The van der Waals surface area contributed by atoms with Crippen LogP contribution >= 0.6 is 23.4 Å². The van der Waals surface area contributed by atoms with Gasteiger partial charge in [0, 0.05) is 22.4 Å². The number of aryl methyl sites for hydroxylation is 1. The second-order valence-electron chi connectivity index (χ2n) is 5.34. The molecular formula is C17H18ClNS. The summed E-state index contributed by atoms with van der Waals surface area (Å²) in [5, 5.41) is 4.35. The summed E-state index contributed by atoms with van der Waals surface area (Å²) >= 11 is 8.11. The Hall–Kier alpha value is -0.960. The first-order valence-electron chi connectivity index (χ1n) is 6.97. The molecule has 1 aliphatic rings. The van der Waals surface area contributed by atoms with Crippen LogP contribution in [0.25, 0.3) is 0 Å². The third-order valence-corrected chi connectivity index (χ3v) is 4.93. The van der Waals surface area contributed by atoms with E-state index in [2.05, 4.69) is 54.7 Å². The van der Waals surface area contributed by atoms with Gasteiger partial charge in [-0.1, -0.05) is 47.1 Å². The fourth-order valence-corrected chi connectivity index (χ4v) is 3.16. The van der Waals surface area contributed by atoms with Crippen LogP contribution in [0.15, 0.2) is 52.3 Å². The van der Waals surface area contributed by atoms with Crippen LogP contribution in [0.2, 0.25) is 5.02 Å². The lowest BCUT2D eigenvalue weighted by atomic mass is 10.2. The topological polar surface area (TPSA) is 12.0 Å². The molecule has 3 rings (SSSR count). The fraction of sp³-hybridized carbons (Fsp3) is 0.294. The van der Waals surface area contributed by atoms with Crippen LogP contribution in [0.4, 0.5) is 0 Å². The highest BCUT2D eigenvalue weighted by atomic mass is 35.5. The first-order chi connectivity index (χ1) is 9.70. The molecule has 0 radical (unpaired) electrons. The molecule has 20 heavy (non-hydrogen) atoms. The highest BCUT2D eigenvalue weighted by Gasteiger charge is 2.19. The van der Waals surface area contributed by atoms with Gasteiger partial charge in [0.05, 0.1) is 5.02 Å². The van der Waals surface area contributed by atoms with E-state index in [9.17, 15) is 0 Å². The molecule has 2 aromatic rings. The lowest BCUT2D eigenvalue weighted by Crippen LogP contribution is -2.15. The highest BCUT2D eigenvalue weighted by Crippen LogP contribution is 2.34. The zero-order valence-corrected chi connectivity index (χ0v) is 13.1. The number of benzene rings is 2. The Labute approximate surface area is 129 Å². The van der Waals surface area contributed by atoms with Crippen molar-refractivity contribution in [2.24, 2.45) is 0 Å². The monoisotopic (exact) mass is 303 g/mol. The molecule has 1 nitrogen and oxygen atoms in total. The molecule has 0 unspecified atom stereocenters. The number of halogens is 1. The average Bonchev–Trinajstić information content (AvgIpc) is 3.26. The Balaban J connectivity index is 1.68. The van der Waals surface area contributed by atoms with Gasteiger partial charge in [-0.25, -0.2) is 0 Å². The van der Waals surface area contributed by atoms with Gasteiger partial charge in [-0.15, -0.1) is 0 Å². The molecule has 1 saturated carbocycles. The molecule has 0 spiro atoms. The average molecular weight is 304 g/mol. The van der Waals surface area contributed by atoms with Crippen molar-refractivity contribution in [3.05, 3.63) is 58.6 Å². The van der Waals surface area contributed by atoms with E-state index >= 15 is 0 Å². The summed E-state index contributed by atoms with van der Waals surface area (Å²) in [6.45, 7) is 3.02. The van der Waals surface area contributed by atoms with Crippen LogP contribution in [0.1, 0.15) is 24.0 Å². The Morgan fingerprint density at radius 2 is 1.90 bits per heavy atom. The summed E-state index contributed by atoms with van der Waals surface area (Å²) in [6, 6.07) is 15.6. The minimum absolute atomic E-state index is 0.732. The summed E-state index contributed by atoms with van der Waals surface area (Å²) in [6.07, 6.45) is 2.63. The molecule has 0 aliphatic heterocycles. The fourth-order valence-electron chi connectivity index (χ4n) is 2.02. The van der Waals surface area contributed by atoms with Crippen molar-refractivity contribution in [3.8, 4) is 0 Å². The Bertz CT molecular complexity index is 590. The Kier molecular flexibility index (Phi) is 4.35. The van der Waals surface area contributed by atoms with Gasteiger partial charge in [0.15, 0.2) is 0 Å². The van der Waals surface area contributed by atoms with Gasteiger partial charge in [0.25, 0.3) is 0 Å². The molecule has 0 bridgehead atoms. The molecule has 2 aromatic carbocycles. The number of hydrogen-bond donors (Lipinski definition) is 1. The van der Waals surface area contributed by atoms with E-state index in [0.717, 1.165) is 22.5 Å². The van der Waals surface area contributed by atoms with Crippen LogP contribution in [-0.4, -0.2) is 6.04 Å². The van der Waals surface area contributed by atoms with Crippen molar-refractivity contribution in [1.82, 2.24) is 5.32 Å². The van der Waals surface area contributed by atoms with Gasteiger partial charge in [0.1, 0.15) is 0 Å². The molecule has 1 aliphatic carbocycles. The third-order valence-electron chi connectivity index (χ3n) is 3.42. The van der Waals surface area contributed by atoms with E-state index in [-0.39, 0.29) is 0 Å². The standard InChI is InChI=1S/C17H18ClNS/c1-12-2-7-15(8-3-12)20-17-9-4-13(10-16(17)18)11-19-14-5-6-14/h2-4,7-10,14,19H,5-6,11H2,1H3. The van der Waals surface area contributed by atoms with Gasteiger partial charge < -0.3 is 5.32 Å². The van der Waals surface area contributed by atoms with Crippen LogP contribution in [0.3, 0.4) is 0 Å². The third kappa shape index (κ3) is 3.78. The van der Waals surface area contributed by atoms with Gasteiger partial charge in [-0.05, 0) is 49.6 Å². The Morgan fingerprint density at radius 1 is 1.15 bits per heavy atom. The van der Waals surface area contributed by atoms with Crippen LogP contribution in [0.5, 0.6) is 0 Å². The largest absolute Gasteiger partial charge is 0.310 e. The van der Waals surface area contributed by atoms with E-state index in [4.69, 9.17) is 11.6 Å². The van der Waals surface area contributed by atoms with E-state index < -0.39 is 0 Å². The summed E-state index contributed by atoms with van der Waals surface area (Å²) in [5.41, 5.74) is 2.54. The molecule has 0 amide bonds. The minimum Gasteiger partial charge on any atom is -0.310 e. The summed E-state index contributed by atoms with van der Waals surface area (Å²) in [7, 11) is 0. The van der Waals surface area contributed by atoms with E-state index in [1.807, 2.05) is 0 Å². The number of hydrogen-bond acceptors (Lipinski definition) is 2. The van der Waals surface area contributed by atoms with Crippen LogP contribution in [0, 0.1) is 6.92 Å². The van der Waals surface area contributed by atoms with Gasteiger partial charge >= 0.3 is 0 Å². The first-order valence-corrected chi connectivity index (χ1v) is 8.16. The van der Waals surface area contributed by atoms with Crippen molar-refractivity contribution < 1.29 is 0 Å². The smallest absolute Gasteiger partial charge is 0.0548 e. The van der Waals surface area contributed by atoms with Gasteiger partial charge in [0.2, 0.25) is 0 Å². The zero-order chi connectivity index (χ0) is 13.9. The summed E-state index contributed by atoms with van der Waals surface area (Å²) in [4.78, 5) is 2.34. The summed E-state index contributed by atoms with van der Waals surface area (Å²) < 4.78 is 0. The number of rotatable bonds is 5. The van der Waals surface area contributed by atoms with Crippen molar-refractivity contribution in [2.75, 3.05) is 0 Å². The molecule has 0 aromatic heterocycles. The predicted molar refractivity (Wildman–Crippen MR) is 86.6 cm³/mol. The second-order valence-corrected chi connectivity index (χ2v) is 6.86. The van der Waals surface area contributed by atoms with Crippen molar-refractivity contribution in [2.45, 2.75) is 42.1 Å². The minimum atomic E-state index is 0.732. The molecule has 0 atom stereocenters. The summed E-state index contributed by atoms with van der Waals surface area (Å²) in [5.74, 6) is 0. The van der Waals surface area contributed by atoms with Gasteiger partial charge in [-0.2, -0.15) is 0 Å². The maximum absolute atomic E-state index is 6.39. The number of nitrogens with one attached hydrogen (secondary N) is 1. The molecule has 1 N–H and O–H groups in total. The molecule has 1 fully saturated rings. The molecule has 0 heterocycles. The first kappa shape index (κ1) is 14.0. The van der Waals surface area contributed by atoms with Crippen molar-refractivity contribution in [3.63, 3.8) is 0 Å². The molecule has 3 heteroatoms. The van der Waals surface area contributed by atoms with E-state index in [1.165, 1.54) is 28.9 Å². The predicted octanol–water partition coefficient (Wildman–Crippen LogP) is 5.05. The Morgan fingerprint density at radius 3 is 2.55 bits per heavy atom. The molecule has 104 valence electrons. The lowest BCUT2D eigenvalue weighted by Gasteiger charge is -2.08. The SMILES string of the molecule is Cc1ccc(Sc2ccc(CNC3CC3)cc2Cl)cc1. The molecule has 0 saturated heterocycles. The van der Waals surface area contributed by atoms with E-state index in [1.54, 1.807) is 11.8 Å². The highest BCUT2D eigenvalue weighted by molar-refractivity contribution is 7.99. The quantitative estimate of drug-likeness (QED) is 0.829. The van der Waals surface area contributed by atoms with Crippen LogP contribution < -0.4 is 5.32 Å². The van der Waals surface area contributed by atoms with Crippen molar-refractivity contribution in [1.29, 1.82) is 0 Å². The van der Waals surface area contributed by atoms with Gasteiger partial charge in [-0.3, -0.25) is 0 Å². The maximum atomic E-state index is 6.39. The molecular weight excluding hydrogens is 286 g/mol. The second kappa shape index (κ2) is 6.21. The van der Waals surface area contributed by atoms with Crippen LogP contribution in [-0.2, 0) is 6.54 Å². The normalized spacial score (nSPS) is 14.5. The zero-order valence-electron chi connectivity index (χ0n) is 11.5. The van der Waals surface area contributed by atoms with Crippen molar-refractivity contribution >= 4 is 23.4 Å².